The number of nitrogens with zero attached hydrogens (tertiary/aromatic N) is 1. The van der Waals surface area contributed by atoms with Crippen LogP contribution < -0.4 is 16.3 Å². The summed E-state index contributed by atoms with van der Waals surface area (Å²) in [5, 5.41) is 3.97. The first-order valence-electron chi connectivity index (χ1n) is 7.05. The van der Waals surface area contributed by atoms with Gasteiger partial charge in [-0.05, 0) is 31.7 Å². The van der Waals surface area contributed by atoms with Crippen LogP contribution in [-0.4, -0.2) is 24.2 Å². The van der Waals surface area contributed by atoms with Gasteiger partial charge in [-0.1, -0.05) is 30.3 Å². The molecule has 1 aliphatic heterocycles. The van der Waals surface area contributed by atoms with Crippen molar-refractivity contribution < 1.29 is 4.79 Å². The maximum atomic E-state index is 11.7. The fraction of sp³-hybridized carbons (Fsp3) is 0.467. The second-order valence-electron chi connectivity index (χ2n) is 5.27. The topological polar surface area (TPSA) is 65.5 Å². The Bertz CT molecular complexity index is 450. The van der Waals surface area contributed by atoms with Crippen molar-refractivity contribution in [3.8, 4) is 0 Å². The standard InChI is InChI=1S/C15H22N4O/c1-11-14(12(2)18-17-11)8-9-15(20)19-16-10-13-6-4-3-5-7-13/h3-7,10-12,14,17-18H,8-9H2,1-2H3,(H,19,20)/b16-10+. The van der Waals surface area contributed by atoms with Crippen molar-refractivity contribution in [2.75, 3.05) is 0 Å². The molecule has 0 saturated carbocycles. The highest BCUT2D eigenvalue weighted by molar-refractivity contribution is 5.82. The summed E-state index contributed by atoms with van der Waals surface area (Å²) < 4.78 is 0. The third-order valence-electron chi connectivity index (χ3n) is 3.73. The predicted octanol–water partition coefficient (Wildman–Crippen LogP) is 1.42. The summed E-state index contributed by atoms with van der Waals surface area (Å²) in [6.07, 6.45) is 3.01. The molecule has 1 aromatic carbocycles. The fourth-order valence-electron chi connectivity index (χ4n) is 2.48. The summed E-state index contributed by atoms with van der Waals surface area (Å²) in [6.45, 7) is 4.26. The zero-order valence-electron chi connectivity index (χ0n) is 12.0. The summed E-state index contributed by atoms with van der Waals surface area (Å²) >= 11 is 0. The van der Waals surface area contributed by atoms with Gasteiger partial charge in [-0.3, -0.25) is 15.6 Å². The zero-order valence-corrected chi connectivity index (χ0v) is 12.0. The van der Waals surface area contributed by atoms with E-state index in [1.807, 2.05) is 30.3 Å². The SMILES string of the molecule is CC1NNC(C)C1CCC(=O)N/N=C/c1ccccc1. The Hall–Kier alpha value is -1.72. The van der Waals surface area contributed by atoms with E-state index in [2.05, 4.69) is 35.2 Å². The highest BCUT2D eigenvalue weighted by atomic mass is 16.2. The van der Waals surface area contributed by atoms with Gasteiger partial charge >= 0.3 is 0 Å². The minimum Gasteiger partial charge on any atom is -0.273 e. The number of carbonyl (C=O) groups is 1. The average molecular weight is 274 g/mol. The molecule has 1 saturated heterocycles. The number of hydrazine groups is 1. The van der Waals surface area contributed by atoms with Crippen molar-refractivity contribution in [3.05, 3.63) is 35.9 Å². The third-order valence-corrected chi connectivity index (χ3v) is 3.73. The molecule has 0 spiro atoms. The van der Waals surface area contributed by atoms with Crippen molar-refractivity contribution in [2.45, 2.75) is 38.8 Å². The summed E-state index contributed by atoms with van der Waals surface area (Å²) in [4.78, 5) is 11.7. The Morgan fingerprint density at radius 3 is 2.55 bits per heavy atom. The lowest BCUT2D eigenvalue weighted by Gasteiger charge is -2.16. The first-order chi connectivity index (χ1) is 9.66. The van der Waals surface area contributed by atoms with Gasteiger partial charge in [0, 0.05) is 18.5 Å². The van der Waals surface area contributed by atoms with E-state index in [9.17, 15) is 4.79 Å². The molecule has 1 amide bonds. The highest BCUT2D eigenvalue weighted by Crippen LogP contribution is 2.19. The molecule has 0 aliphatic carbocycles. The fourth-order valence-corrected chi connectivity index (χ4v) is 2.48. The van der Waals surface area contributed by atoms with Crippen LogP contribution in [0.3, 0.4) is 0 Å². The van der Waals surface area contributed by atoms with Gasteiger partial charge in [0.1, 0.15) is 0 Å². The zero-order chi connectivity index (χ0) is 14.4. The van der Waals surface area contributed by atoms with Crippen LogP contribution in [0.1, 0.15) is 32.3 Å². The van der Waals surface area contributed by atoms with Crippen LogP contribution in [0.25, 0.3) is 0 Å². The molecule has 5 nitrogen and oxygen atoms in total. The molecule has 20 heavy (non-hydrogen) atoms. The number of hydrogen-bond donors (Lipinski definition) is 3. The molecule has 0 bridgehead atoms. The van der Waals surface area contributed by atoms with Crippen molar-refractivity contribution >= 4 is 12.1 Å². The van der Waals surface area contributed by atoms with Gasteiger partial charge in [0.25, 0.3) is 0 Å². The molecule has 2 rings (SSSR count). The Morgan fingerprint density at radius 2 is 1.90 bits per heavy atom. The molecule has 2 atom stereocenters. The maximum absolute atomic E-state index is 11.7. The Kier molecular flexibility index (Phi) is 5.26. The van der Waals surface area contributed by atoms with Crippen molar-refractivity contribution in [1.29, 1.82) is 0 Å². The first-order valence-corrected chi connectivity index (χ1v) is 7.05. The van der Waals surface area contributed by atoms with Gasteiger partial charge in [0.15, 0.2) is 0 Å². The Morgan fingerprint density at radius 1 is 1.25 bits per heavy atom. The van der Waals surface area contributed by atoms with Gasteiger partial charge in [-0.2, -0.15) is 5.10 Å². The lowest BCUT2D eigenvalue weighted by molar-refractivity contribution is -0.121. The van der Waals surface area contributed by atoms with E-state index in [4.69, 9.17) is 0 Å². The molecule has 0 aromatic heterocycles. The van der Waals surface area contributed by atoms with Gasteiger partial charge < -0.3 is 0 Å². The molecular weight excluding hydrogens is 252 g/mol. The number of hydrogen-bond acceptors (Lipinski definition) is 4. The van der Waals surface area contributed by atoms with Gasteiger partial charge in [0.05, 0.1) is 6.21 Å². The number of amides is 1. The molecule has 1 aliphatic rings. The van der Waals surface area contributed by atoms with Gasteiger partial charge in [-0.25, -0.2) is 5.43 Å². The number of carbonyl (C=O) groups excluding carboxylic acids is 1. The van der Waals surface area contributed by atoms with Crippen molar-refractivity contribution in [2.24, 2.45) is 11.0 Å². The van der Waals surface area contributed by atoms with E-state index >= 15 is 0 Å². The normalized spacial score (nSPS) is 26.0. The minimum atomic E-state index is -0.0384. The first kappa shape index (κ1) is 14.7. The Labute approximate surface area is 119 Å². The molecule has 5 heteroatoms. The van der Waals surface area contributed by atoms with Crippen LogP contribution >= 0.6 is 0 Å². The molecular formula is C15H22N4O. The van der Waals surface area contributed by atoms with Crippen LogP contribution in [0.15, 0.2) is 35.4 Å². The maximum Gasteiger partial charge on any atom is 0.240 e. The van der Waals surface area contributed by atoms with E-state index in [0.29, 0.717) is 24.4 Å². The molecule has 1 fully saturated rings. The van der Waals surface area contributed by atoms with Gasteiger partial charge in [0.2, 0.25) is 5.91 Å². The van der Waals surface area contributed by atoms with Crippen molar-refractivity contribution in [1.82, 2.24) is 16.3 Å². The Balaban J connectivity index is 1.72. The molecule has 108 valence electrons. The second kappa shape index (κ2) is 7.17. The van der Waals surface area contributed by atoms with Gasteiger partial charge in [-0.15, -0.1) is 0 Å². The van der Waals surface area contributed by atoms with E-state index in [1.165, 1.54) is 0 Å². The van der Waals surface area contributed by atoms with E-state index in [0.717, 1.165) is 12.0 Å². The minimum absolute atomic E-state index is 0.0384. The van der Waals surface area contributed by atoms with Crippen LogP contribution in [0.2, 0.25) is 0 Å². The number of rotatable bonds is 5. The predicted molar refractivity (Wildman–Crippen MR) is 80.1 cm³/mol. The monoisotopic (exact) mass is 274 g/mol. The highest BCUT2D eigenvalue weighted by Gasteiger charge is 2.29. The molecule has 1 heterocycles. The number of benzene rings is 1. The quantitative estimate of drug-likeness (QED) is 0.562. The summed E-state index contributed by atoms with van der Waals surface area (Å²) in [5.74, 6) is 0.433. The van der Waals surface area contributed by atoms with E-state index in [-0.39, 0.29) is 5.91 Å². The smallest absolute Gasteiger partial charge is 0.240 e. The molecule has 3 N–H and O–H groups in total. The second-order valence-corrected chi connectivity index (χ2v) is 5.27. The number of nitrogens with one attached hydrogen (secondary N) is 3. The van der Waals surface area contributed by atoms with Crippen LogP contribution in [0, 0.1) is 5.92 Å². The number of hydrazone groups is 1. The van der Waals surface area contributed by atoms with Crippen LogP contribution in [0.5, 0.6) is 0 Å². The molecule has 1 aromatic rings. The summed E-state index contributed by atoms with van der Waals surface area (Å²) in [7, 11) is 0. The lowest BCUT2D eigenvalue weighted by Crippen LogP contribution is -2.30. The third kappa shape index (κ3) is 4.15. The van der Waals surface area contributed by atoms with E-state index < -0.39 is 0 Å². The molecule has 2 unspecified atom stereocenters. The summed E-state index contributed by atoms with van der Waals surface area (Å²) in [5.41, 5.74) is 9.94. The lowest BCUT2D eigenvalue weighted by atomic mass is 9.91. The largest absolute Gasteiger partial charge is 0.273 e. The molecule has 0 radical (unpaired) electrons. The average Bonchev–Trinajstić information content (AvgIpc) is 2.77. The van der Waals surface area contributed by atoms with Crippen molar-refractivity contribution in [3.63, 3.8) is 0 Å². The summed E-state index contributed by atoms with van der Waals surface area (Å²) in [6, 6.07) is 10.5. The van der Waals surface area contributed by atoms with Crippen LogP contribution in [0.4, 0.5) is 0 Å². The van der Waals surface area contributed by atoms with Crippen LogP contribution in [-0.2, 0) is 4.79 Å². The van der Waals surface area contributed by atoms with E-state index in [1.54, 1.807) is 6.21 Å².